The van der Waals surface area contributed by atoms with Crippen LogP contribution in [0, 0.1) is 5.92 Å². The van der Waals surface area contributed by atoms with Crippen LogP contribution >= 0.6 is 11.6 Å². The largest absolute Gasteiger partial charge is 0.352 e. The average Bonchev–Trinajstić information content (AvgIpc) is 2.55. The smallest absolute Gasteiger partial charge is 0.253 e. The highest BCUT2D eigenvalue weighted by molar-refractivity contribution is 6.30. The van der Waals surface area contributed by atoms with Crippen LogP contribution in [0.2, 0.25) is 5.02 Å². The van der Waals surface area contributed by atoms with Crippen LogP contribution in [0.3, 0.4) is 0 Å². The van der Waals surface area contributed by atoms with Crippen LogP contribution in [0.25, 0.3) is 0 Å². The third kappa shape index (κ3) is 5.39. The molecule has 4 nitrogen and oxygen atoms in total. The van der Waals surface area contributed by atoms with E-state index in [1.54, 1.807) is 36.4 Å². The average molecular weight is 345 g/mol. The van der Waals surface area contributed by atoms with Crippen molar-refractivity contribution in [1.82, 2.24) is 5.32 Å². The lowest BCUT2D eigenvalue weighted by Gasteiger charge is -2.12. The van der Waals surface area contributed by atoms with E-state index in [0.717, 1.165) is 5.56 Å². The number of hydrogen-bond donors (Lipinski definition) is 2. The fourth-order valence-corrected chi connectivity index (χ4v) is 2.29. The topological polar surface area (TPSA) is 58.2 Å². The Morgan fingerprint density at radius 2 is 1.71 bits per heavy atom. The molecule has 0 bridgehead atoms. The van der Waals surface area contributed by atoms with Gasteiger partial charge in [0.2, 0.25) is 5.91 Å². The first-order valence-electron chi connectivity index (χ1n) is 7.87. The monoisotopic (exact) mass is 344 g/mol. The first kappa shape index (κ1) is 18.0. The first-order valence-corrected chi connectivity index (χ1v) is 8.25. The van der Waals surface area contributed by atoms with E-state index in [1.807, 2.05) is 26.0 Å². The van der Waals surface area contributed by atoms with Crippen molar-refractivity contribution in [2.24, 2.45) is 5.92 Å². The van der Waals surface area contributed by atoms with E-state index in [2.05, 4.69) is 10.6 Å². The zero-order valence-corrected chi connectivity index (χ0v) is 14.6. The zero-order valence-electron chi connectivity index (χ0n) is 13.8. The molecule has 0 heterocycles. The molecule has 0 fully saturated rings. The van der Waals surface area contributed by atoms with Crippen LogP contribution in [0.5, 0.6) is 0 Å². The van der Waals surface area contributed by atoms with Gasteiger partial charge in [0.25, 0.3) is 5.91 Å². The Morgan fingerprint density at radius 1 is 1.04 bits per heavy atom. The Kier molecular flexibility index (Phi) is 6.38. The Hall–Kier alpha value is -2.33. The predicted octanol–water partition coefficient (Wildman–Crippen LogP) is 3.91. The summed E-state index contributed by atoms with van der Waals surface area (Å²) in [6, 6.07) is 14.1. The summed E-state index contributed by atoms with van der Waals surface area (Å²) in [7, 11) is 0. The summed E-state index contributed by atoms with van der Waals surface area (Å²) in [4.78, 5) is 24.5. The first-order chi connectivity index (χ1) is 11.5. The van der Waals surface area contributed by atoms with Crippen molar-refractivity contribution >= 4 is 29.1 Å². The molecular weight excluding hydrogens is 324 g/mol. The van der Waals surface area contributed by atoms with E-state index >= 15 is 0 Å². The fraction of sp³-hybridized carbons (Fsp3) is 0.263. The number of amides is 2. The summed E-state index contributed by atoms with van der Waals surface area (Å²) in [5, 5.41) is 6.30. The van der Waals surface area contributed by atoms with Gasteiger partial charge in [-0.25, -0.2) is 0 Å². The van der Waals surface area contributed by atoms with Gasteiger partial charge < -0.3 is 10.6 Å². The van der Waals surface area contributed by atoms with E-state index in [9.17, 15) is 9.59 Å². The molecule has 0 spiro atoms. The maximum absolute atomic E-state index is 12.3. The minimum atomic E-state index is -0.189. The zero-order chi connectivity index (χ0) is 17.5. The van der Waals surface area contributed by atoms with Crippen LogP contribution in [0.4, 0.5) is 5.69 Å². The van der Waals surface area contributed by atoms with Crippen LogP contribution in [-0.2, 0) is 11.2 Å². The molecule has 0 aromatic heterocycles. The molecule has 2 aromatic rings. The molecule has 0 atom stereocenters. The van der Waals surface area contributed by atoms with Gasteiger partial charge in [0.15, 0.2) is 0 Å². The minimum Gasteiger partial charge on any atom is -0.352 e. The molecule has 0 aliphatic heterocycles. The Morgan fingerprint density at radius 3 is 2.38 bits per heavy atom. The second-order valence-electron chi connectivity index (χ2n) is 6.00. The Balaban J connectivity index is 2.05. The normalized spacial score (nSPS) is 10.5. The highest BCUT2D eigenvalue weighted by Gasteiger charge is 2.13. The summed E-state index contributed by atoms with van der Waals surface area (Å²) < 4.78 is 0. The van der Waals surface area contributed by atoms with Gasteiger partial charge >= 0.3 is 0 Å². The van der Waals surface area contributed by atoms with Gasteiger partial charge in [-0.05, 0) is 35.7 Å². The Bertz CT molecular complexity index is 712. The quantitative estimate of drug-likeness (QED) is 0.834. The fourth-order valence-electron chi connectivity index (χ4n) is 2.16. The minimum absolute atomic E-state index is 0.179. The maximum atomic E-state index is 12.3. The van der Waals surface area contributed by atoms with Crippen LogP contribution < -0.4 is 10.6 Å². The third-order valence-corrected chi connectivity index (χ3v) is 3.65. The molecule has 5 heteroatoms. The van der Waals surface area contributed by atoms with Crippen LogP contribution in [0.15, 0.2) is 48.5 Å². The second-order valence-corrected chi connectivity index (χ2v) is 6.44. The van der Waals surface area contributed by atoms with E-state index in [4.69, 9.17) is 11.6 Å². The van der Waals surface area contributed by atoms with Gasteiger partial charge in [0.05, 0.1) is 17.7 Å². The van der Waals surface area contributed by atoms with Crippen molar-refractivity contribution in [2.75, 3.05) is 11.9 Å². The number of carbonyl (C=O) groups is 2. The molecule has 0 radical (unpaired) electrons. The number of hydrogen-bond acceptors (Lipinski definition) is 2. The number of benzene rings is 2. The van der Waals surface area contributed by atoms with Crippen molar-refractivity contribution in [3.8, 4) is 0 Å². The van der Waals surface area contributed by atoms with E-state index in [-0.39, 0.29) is 18.2 Å². The molecular formula is C19H21ClN2O2. The SMILES string of the molecule is CC(C)CNC(=O)c1ccccc1NC(=O)Cc1ccc(Cl)cc1. The molecule has 0 aliphatic carbocycles. The van der Waals surface area contributed by atoms with Crippen LogP contribution in [0.1, 0.15) is 29.8 Å². The number of nitrogens with one attached hydrogen (secondary N) is 2. The molecule has 2 N–H and O–H groups in total. The van der Waals surface area contributed by atoms with Crippen LogP contribution in [-0.4, -0.2) is 18.4 Å². The summed E-state index contributed by atoms with van der Waals surface area (Å²) in [6.07, 6.45) is 0.221. The molecule has 0 saturated heterocycles. The third-order valence-electron chi connectivity index (χ3n) is 3.39. The summed E-state index contributed by atoms with van der Waals surface area (Å²) >= 11 is 5.84. The number of halogens is 1. The Labute approximate surface area is 147 Å². The maximum Gasteiger partial charge on any atom is 0.253 e. The molecule has 0 aliphatic rings. The molecule has 2 aromatic carbocycles. The molecule has 2 rings (SSSR count). The molecule has 126 valence electrons. The molecule has 0 saturated carbocycles. The molecule has 0 unspecified atom stereocenters. The number of rotatable bonds is 6. The second kappa shape index (κ2) is 8.50. The summed E-state index contributed by atoms with van der Waals surface area (Å²) in [5.41, 5.74) is 1.83. The predicted molar refractivity (Wildman–Crippen MR) is 97.4 cm³/mol. The van der Waals surface area contributed by atoms with Gasteiger partial charge in [0.1, 0.15) is 0 Å². The lowest BCUT2D eigenvalue weighted by Crippen LogP contribution is -2.28. The van der Waals surface area contributed by atoms with Crippen molar-refractivity contribution in [3.63, 3.8) is 0 Å². The van der Waals surface area contributed by atoms with Gasteiger partial charge in [-0.1, -0.05) is 49.7 Å². The van der Waals surface area contributed by atoms with Crippen molar-refractivity contribution in [3.05, 3.63) is 64.7 Å². The lowest BCUT2D eigenvalue weighted by molar-refractivity contribution is -0.115. The van der Waals surface area contributed by atoms with Crippen molar-refractivity contribution in [1.29, 1.82) is 0 Å². The van der Waals surface area contributed by atoms with E-state index in [1.165, 1.54) is 0 Å². The summed E-state index contributed by atoms with van der Waals surface area (Å²) in [5.74, 6) is -0.00636. The van der Waals surface area contributed by atoms with E-state index in [0.29, 0.717) is 28.7 Å². The summed E-state index contributed by atoms with van der Waals surface area (Å²) in [6.45, 7) is 4.64. The van der Waals surface area contributed by atoms with E-state index < -0.39 is 0 Å². The standard InChI is InChI=1S/C19H21ClN2O2/c1-13(2)12-21-19(24)16-5-3-4-6-17(16)22-18(23)11-14-7-9-15(20)10-8-14/h3-10,13H,11-12H2,1-2H3,(H,21,24)(H,22,23). The van der Waals surface area contributed by atoms with Crippen molar-refractivity contribution in [2.45, 2.75) is 20.3 Å². The lowest BCUT2D eigenvalue weighted by atomic mass is 10.1. The number of carbonyl (C=O) groups excluding carboxylic acids is 2. The van der Waals surface area contributed by atoms with Gasteiger partial charge in [-0.15, -0.1) is 0 Å². The van der Waals surface area contributed by atoms with Gasteiger partial charge in [0, 0.05) is 11.6 Å². The highest BCUT2D eigenvalue weighted by atomic mass is 35.5. The molecule has 2 amide bonds. The highest BCUT2D eigenvalue weighted by Crippen LogP contribution is 2.16. The molecule has 24 heavy (non-hydrogen) atoms. The number of para-hydroxylation sites is 1. The van der Waals surface area contributed by atoms with Gasteiger partial charge in [-0.3, -0.25) is 9.59 Å². The number of anilines is 1. The van der Waals surface area contributed by atoms with Crippen molar-refractivity contribution < 1.29 is 9.59 Å². The van der Waals surface area contributed by atoms with Gasteiger partial charge in [-0.2, -0.15) is 0 Å².